The van der Waals surface area contributed by atoms with Crippen LogP contribution in [0.5, 0.6) is 0 Å². The molecule has 0 aromatic carbocycles. The Hall–Kier alpha value is -1.58. The van der Waals surface area contributed by atoms with Gasteiger partial charge in [-0.05, 0) is 0 Å². The molecule has 1 heterocycles. The van der Waals surface area contributed by atoms with Crippen LogP contribution in [0.1, 0.15) is 23.1 Å². The van der Waals surface area contributed by atoms with Crippen LogP contribution in [0.2, 0.25) is 0 Å². The SMILES string of the molecule is C=CCn1c[n+]([O-])c(C(C)=O)c1C. The van der Waals surface area contributed by atoms with Crippen LogP contribution in [-0.2, 0) is 6.54 Å². The van der Waals surface area contributed by atoms with Crippen molar-refractivity contribution in [2.45, 2.75) is 20.4 Å². The predicted molar refractivity (Wildman–Crippen MR) is 48.3 cm³/mol. The van der Waals surface area contributed by atoms with Gasteiger partial charge in [0.25, 0.3) is 0 Å². The van der Waals surface area contributed by atoms with Crippen LogP contribution in [0.4, 0.5) is 0 Å². The molecule has 0 saturated carbocycles. The lowest BCUT2D eigenvalue weighted by molar-refractivity contribution is -0.607. The van der Waals surface area contributed by atoms with Gasteiger partial charge in [-0.1, -0.05) is 12.7 Å². The van der Waals surface area contributed by atoms with Crippen molar-refractivity contribution in [1.82, 2.24) is 4.57 Å². The second kappa shape index (κ2) is 3.43. The molecular weight excluding hydrogens is 168 g/mol. The summed E-state index contributed by atoms with van der Waals surface area (Å²) in [6.45, 7) is 7.24. The molecule has 1 aromatic heterocycles. The Morgan fingerprint density at radius 1 is 1.85 bits per heavy atom. The highest BCUT2D eigenvalue weighted by molar-refractivity contribution is 5.91. The molecule has 0 bridgehead atoms. The Morgan fingerprint density at radius 3 is 2.85 bits per heavy atom. The smallest absolute Gasteiger partial charge is 0.247 e. The summed E-state index contributed by atoms with van der Waals surface area (Å²) in [6, 6.07) is 0. The van der Waals surface area contributed by atoms with Crippen LogP contribution in [0.3, 0.4) is 0 Å². The van der Waals surface area contributed by atoms with Gasteiger partial charge < -0.3 is 5.21 Å². The van der Waals surface area contributed by atoms with Gasteiger partial charge in [0.2, 0.25) is 17.8 Å². The first-order valence-corrected chi connectivity index (χ1v) is 3.98. The Balaban J connectivity index is 3.21. The highest BCUT2D eigenvalue weighted by Gasteiger charge is 2.18. The van der Waals surface area contributed by atoms with Gasteiger partial charge in [-0.25, -0.2) is 9.30 Å². The average molecular weight is 180 g/mol. The maximum absolute atomic E-state index is 11.2. The summed E-state index contributed by atoms with van der Waals surface area (Å²) in [6.07, 6.45) is 3.03. The molecule has 0 aliphatic heterocycles. The van der Waals surface area contributed by atoms with Gasteiger partial charge in [0.1, 0.15) is 6.54 Å². The molecule has 0 atom stereocenters. The van der Waals surface area contributed by atoms with E-state index < -0.39 is 0 Å². The summed E-state index contributed by atoms with van der Waals surface area (Å²) < 4.78 is 2.29. The number of carbonyl (C=O) groups excluding carboxylic acids is 1. The molecule has 70 valence electrons. The van der Waals surface area contributed by atoms with Crippen molar-refractivity contribution in [2.75, 3.05) is 0 Å². The number of hydrogen-bond donors (Lipinski definition) is 0. The standard InChI is InChI=1S/C9H12N2O2/c1-4-5-10-6-11(13)9(7(10)2)8(3)12/h4,6H,1,5H2,2-3H3. The number of aromatic nitrogens is 2. The second-order valence-corrected chi connectivity index (χ2v) is 2.87. The summed E-state index contributed by atoms with van der Waals surface area (Å²) in [7, 11) is 0. The number of imidazole rings is 1. The summed E-state index contributed by atoms with van der Waals surface area (Å²) in [4.78, 5) is 11.0. The fourth-order valence-corrected chi connectivity index (χ4v) is 1.30. The van der Waals surface area contributed by atoms with Gasteiger partial charge in [0.15, 0.2) is 5.69 Å². The zero-order chi connectivity index (χ0) is 10.0. The van der Waals surface area contributed by atoms with Crippen LogP contribution in [0.15, 0.2) is 19.0 Å². The summed E-state index contributed by atoms with van der Waals surface area (Å²) in [5.74, 6) is -0.213. The van der Waals surface area contributed by atoms with Crippen molar-refractivity contribution in [2.24, 2.45) is 0 Å². The monoisotopic (exact) mass is 180 g/mol. The lowest BCUT2D eigenvalue weighted by Crippen LogP contribution is -2.30. The number of rotatable bonds is 3. The van der Waals surface area contributed by atoms with E-state index in [1.807, 2.05) is 0 Å². The molecule has 0 saturated heterocycles. The van der Waals surface area contributed by atoms with Crippen LogP contribution in [-0.4, -0.2) is 10.4 Å². The minimum atomic E-state index is -0.213. The highest BCUT2D eigenvalue weighted by Crippen LogP contribution is 2.04. The fourth-order valence-electron chi connectivity index (χ4n) is 1.30. The van der Waals surface area contributed by atoms with Crippen molar-refractivity contribution < 1.29 is 9.52 Å². The maximum atomic E-state index is 11.2. The van der Waals surface area contributed by atoms with E-state index in [2.05, 4.69) is 6.58 Å². The molecular formula is C9H12N2O2. The van der Waals surface area contributed by atoms with Crippen molar-refractivity contribution in [3.8, 4) is 0 Å². The first-order chi connectivity index (χ1) is 6.07. The van der Waals surface area contributed by atoms with Crippen LogP contribution in [0.25, 0.3) is 0 Å². The largest absolute Gasteiger partial charge is 0.710 e. The maximum Gasteiger partial charge on any atom is 0.247 e. The topological polar surface area (TPSA) is 48.9 Å². The predicted octanol–water partition coefficient (Wildman–Crippen LogP) is 0.819. The fraction of sp³-hybridized carbons (Fsp3) is 0.333. The lowest BCUT2D eigenvalue weighted by atomic mass is 10.2. The molecule has 13 heavy (non-hydrogen) atoms. The molecule has 4 nitrogen and oxygen atoms in total. The van der Waals surface area contributed by atoms with E-state index >= 15 is 0 Å². The van der Waals surface area contributed by atoms with Gasteiger partial charge in [-0.2, -0.15) is 0 Å². The Bertz CT molecular complexity index is 353. The van der Waals surface area contributed by atoms with E-state index in [0.717, 1.165) is 0 Å². The molecule has 0 N–H and O–H groups in total. The van der Waals surface area contributed by atoms with Crippen molar-refractivity contribution >= 4 is 5.78 Å². The van der Waals surface area contributed by atoms with Crippen LogP contribution < -0.4 is 4.73 Å². The number of nitrogens with zero attached hydrogens (tertiary/aromatic N) is 2. The molecule has 1 aromatic rings. The normalized spacial score (nSPS) is 10.0. The first kappa shape index (κ1) is 9.51. The van der Waals surface area contributed by atoms with Crippen molar-refractivity contribution in [3.05, 3.63) is 35.6 Å². The van der Waals surface area contributed by atoms with E-state index in [1.54, 1.807) is 17.6 Å². The van der Waals surface area contributed by atoms with Crippen LogP contribution >= 0.6 is 0 Å². The molecule has 0 radical (unpaired) electrons. The zero-order valence-electron chi connectivity index (χ0n) is 7.78. The molecule has 0 aliphatic rings. The van der Waals surface area contributed by atoms with E-state index in [-0.39, 0.29) is 11.5 Å². The second-order valence-electron chi connectivity index (χ2n) is 2.87. The molecule has 0 fully saturated rings. The van der Waals surface area contributed by atoms with Gasteiger partial charge in [-0.3, -0.25) is 4.79 Å². The van der Waals surface area contributed by atoms with E-state index in [1.165, 1.54) is 13.3 Å². The molecule has 0 aliphatic carbocycles. The minimum Gasteiger partial charge on any atom is -0.710 e. The average Bonchev–Trinajstić information content (AvgIpc) is 2.28. The number of allylic oxidation sites excluding steroid dienone is 1. The Morgan fingerprint density at radius 2 is 2.46 bits per heavy atom. The first-order valence-electron chi connectivity index (χ1n) is 3.98. The number of ketones is 1. The number of Topliss-reactive ketones (excluding diaryl/α,β-unsaturated/α-hetero) is 1. The summed E-state index contributed by atoms with van der Waals surface area (Å²) in [5, 5.41) is 11.2. The van der Waals surface area contributed by atoms with E-state index in [0.29, 0.717) is 17.0 Å². The zero-order valence-corrected chi connectivity index (χ0v) is 7.78. The quantitative estimate of drug-likeness (QED) is 0.299. The number of carbonyl (C=O) groups is 1. The third kappa shape index (κ3) is 1.61. The van der Waals surface area contributed by atoms with Crippen molar-refractivity contribution in [1.29, 1.82) is 0 Å². The van der Waals surface area contributed by atoms with Gasteiger partial charge in [-0.15, -0.1) is 0 Å². The summed E-state index contributed by atoms with van der Waals surface area (Å²) in [5.41, 5.74) is 0.893. The molecule has 0 amide bonds. The molecule has 1 rings (SSSR count). The third-order valence-corrected chi connectivity index (χ3v) is 1.90. The minimum absolute atomic E-state index is 0.210. The highest BCUT2D eigenvalue weighted by atomic mass is 16.5. The lowest BCUT2D eigenvalue weighted by Gasteiger charge is -1.97. The Kier molecular flexibility index (Phi) is 2.51. The van der Waals surface area contributed by atoms with Crippen LogP contribution in [0, 0.1) is 12.1 Å². The van der Waals surface area contributed by atoms with E-state index in [4.69, 9.17) is 0 Å². The van der Waals surface area contributed by atoms with Gasteiger partial charge >= 0.3 is 0 Å². The van der Waals surface area contributed by atoms with Crippen molar-refractivity contribution in [3.63, 3.8) is 0 Å². The summed E-state index contributed by atoms with van der Waals surface area (Å²) >= 11 is 0. The molecule has 0 spiro atoms. The van der Waals surface area contributed by atoms with E-state index in [9.17, 15) is 10.0 Å². The molecule has 0 unspecified atom stereocenters. The number of hydrogen-bond acceptors (Lipinski definition) is 2. The Labute approximate surface area is 76.7 Å². The molecule has 4 heteroatoms. The van der Waals surface area contributed by atoms with Gasteiger partial charge in [0, 0.05) is 13.8 Å². The van der Waals surface area contributed by atoms with Gasteiger partial charge in [0.05, 0.1) is 0 Å². The third-order valence-electron chi connectivity index (χ3n) is 1.90.